The third kappa shape index (κ3) is 7.85. The van der Waals surface area contributed by atoms with Gasteiger partial charge in [-0.05, 0) is 19.8 Å². The molecule has 0 aliphatic carbocycles. The molecule has 9 heavy (non-hydrogen) atoms. The number of allylic oxidation sites excluding steroid dienone is 2. The normalized spacial score (nSPS) is 14.4. The van der Waals surface area contributed by atoms with Gasteiger partial charge in [0.05, 0.1) is 0 Å². The minimum absolute atomic E-state index is 0.282. The first-order valence-electron chi connectivity index (χ1n) is 2.94. The predicted molar refractivity (Wildman–Crippen MR) is 37.8 cm³/mol. The van der Waals surface area contributed by atoms with Crippen LogP contribution in [0.5, 0.6) is 0 Å². The maximum atomic E-state index is 9.94. The van der Waals surface area contributed by atoms with E-state index >= 15 is 0 Å². The maximum absolute atomic E-state index is 9.94. The fourth-order valence-corrected chi connectivity index (χ4v) is 0.888. The van der Waals surface area contributed by atoms with Gasteiger partial charge in [-0.1, -0.05) is 23.2 Å². The van der Waals surface area contributed by atoms with E-state index in [9.17, 15) is 8.76 Å². The fraction of sp³-hybridized carbons (Fsp3) is 0.667. The average molecular weight is 147 g/mol. The highest BCUT2D eigenvalue weighted by Crippen LogP contribution is 1.91. The van der Waals surface area contributed by atoms with Crippen molar-refractivity contribution < 1.29 is 8.76 Å². The SMILES string of the molecule is CC=CCCCS(=O)[O-]. The van der Waals surface area contributed by atoms with Crippen LogP contribution in [0.15, 0.2) is 12.2 Å². The van der Waals surface area contributed by atoms with Gasteiger partial charge in [-0.2, -0.15) is 0 Å². The maximum Gasteiger partial charge on any atom is 0.0104 e. The third-order valence-corrected chi connectivity index (χ3v) is 1.54. The van der Waals surface area contributed by atoms with Gasteiger partial charge in [0, 0.05) is 5.75 Å². The molecule has 1 atom stereocenters. The van der Waals surface area contributed by atoms with Gasteiger partial charge in [0.2, 0.25) is 0 Å². The van der Waals surface area contributed by atoms with Crippen molar-refractivity contribution >= 4 is 11.1 Å². The highest BCUT2D eigenvalue weighted by atomic mass is 32.2. The lowest BCUT2D eigenvalue weighted by Crippen LogP contribution is -1.93. The Labute approximate surface area is 58.3 Å². The van der Waals surface area contributed by atoms with Gasteiger partial charge in [-0.3, -0.25) is 4.21 Å². The van der Waals surface area contributed by atoms with E-state index < -0.39 is 11.1 Å². The summed E-state index contributed by atoms with van der Waals surface area (Å²) < 4.78 is 19.9. The van der Waals surface area contributed by atoms with Crippen LogP contribution < -0.4 is 0 Å². The van der Waals surface area contributed by atoms with E-state index in [1.165, 1.54) is 0 Å². The zero-order valence-electron chi connectivity index (χ0n) is 5.50. The molecule has 2 nitrogen and oxygen atoms in total. The van der Waals surface area contributed by atoms with Gasteiger partial charge >= 0.3 is 0 Å². The third-order valence-electron chi connectivity index (χ3n) is 0.917. The van der Waals surface area contributed by atoms with E-state index in [0.29, 0.717) is 0 Å². The van der Waals surface area contributed by atoms with E-state index in [1.54, 1.807) is 0 Å². The number of rotatable bonds is 4. The molecule has 0 heterocycles. The zero-order valence-corrected chi connectivity index (χ0v) is 6.32. The van der Waals surface area contributed by atoms with Crippen molar-refractivity contribution in [2.45, 2.75) is 19.8 Å². The molecule has 0 aliphatic heterocycles. The van der Waals surface area contributed by atoms with Crippen LogP contribution in [0.4, 0.5) is 0 Å². The van der Waals surface area contributed by atoms with Crippen LogP contribution in [-0.4, -0.2) is 14.5 Å². The van der Waals surface area contributed by atoms with Crippen LogP contribution in [0.1, 0.15) is 19.8 Å². The second-order valence-electron chi connectivity index (χ2n) is 1.72. The fourth-order valence-electron chi connectivity index (χ4n) is 0.486. The molecule has 0 fully saturated rings. The van der Waals surface area contributed by atoms with E-state index in [1.807, 2.05) is 19.1 Å². The van der Waals surface area contributed by atoms with Crippen LogP contribution in [-0.2, 0) is 11.1 Å². The summed E-state index contributed by atoms with van der Waals surface area (Å²) in [6.45, 7) is 1.92. The molecule has 0 aromatic rings. The average Bonchev–Trinajstić information content (AvgIpc) is 1.80. The molecule has 0 saturated carbocycles. The van der Waals surface area contributed by atoms with Gasteiger partial charge in [-0.15, -0.1) is 0 Å². The monoisotopic (exact) mass is 147 g/mol. The van der Waals surface area contributed by atoms with E-state index in [2.05, 4.69) is 0 Å². The molecule has 0 rings (SSSR count). The lowest BCUT2D eigenvalue weighted by molar-refractivity contribution is 0.535. The quantitative estimate of drug-likeness (QED) is 0.341. The number of unbranched alkanes of at least 4 members (excludes halogenated alkanes) is 1. The first kappa shape index (κ1) is 8.85. The summed E-state index contributed by atoms with van der Waals surface area (Å²) >= 11 is -1.85. The van der Waals surface area contributed by atoms with E-state index in [4.69, 9.17) is 0 Å². The second-order valence-corrected chi connectivity index (χ2v) is 2.73. The van der Waals surface area contributed by atoms with E-state index in [-0.39, 0.29) is 5.75 Å². The first-order chi connectivity index (χ1) is 4.27. The number of hydrogen-bond acceptors (Lipinski definition) is 2. The molecule has 0 aromatic heterocycles. The van der Waals surface area contributed by atoms with Crippen molar-refractivity contribution in [3.63, 3.8) is 0 Å². The van der Waals surface area contributed by atoms with Crippen LogP contribution in [0.25, 0.3) is 0 Å². The Balaban J connectivity index is 3.01. The summed E-state index contributed by atoms with van der Waals surface area (Å²) in [5.74, 6) is 0.282. The molecule has 0 aromatic carbocycles. The van der Waals surface area contributed by atoms with Crippen molar-refractivity contribution in [3.8, 4) is 0 Å². The molecule has 54 valence electrons. The smallest absolute Gasteiger partial charge is 0.0104 e. The van der Waals surface area contributed by atoms with Gasteiger partial charge < -0.3 is 4.55 Å². The largest absolute Gasteiger partial charge is 0.772 e. The lowest BCUT2D eigenvalue weighted by atomic mass is 10.3. The minimum Gasteiger partial charge on any atom is -0.772 e. The molecule has 0 radical (unpaired) electrons. The molecular formula is C6H11O2S-. The van der Waals surface area contributed by atoms with E-state index in [0.717, 1.165) is 12.8 Å². The Kier molecular flexibility index (Phi) is 5.88. The summed E-state index contributed by atoms with van der Waals surface area (Å²) in [7, 11) is 0. The molecule has 0 N–H and O–H groups in total. The van der Waals surface area contributed by atoms with Crippen molar-refractivity contribution in [3.05, 3.63) is 12.2 Å². The summed E-state index contributed by atoms with van der Waals surface area (Å²) in [4.78, 5) is 0. The van der Waals surface area contributed by atoms with Crippen LogP contribution >= 0.6 is 0 Å². The van der Waals surface area contributed by atoms with Crippen LogP contribution in [0.2, 0.25) is 0 Å². The zero-order chi connectivity index (χ0) is 7.11. The van der Waals surface area contributed by atoms with Gasteiger partial charge in [-0.25, -0.2) is 0 Å². The van der Waals surface area contributed by atoms with Crippen LogP contribution in [0.3, 0.4) is 0 Å². The Morgan fingerprint density at radius 1 is 1.67 bits per heavy atom. The highest BCUT2D eigenvalue weighted by molar-refractivity contribution is 7.79. The highest BCUT2D eigenvalue weighted by Gasteiger charge is 1.81. The van der Waals surface area contributed by atoms with Crippen molar-refractivity contribution in [2.75, 3.05) is 5.75 Å². The molecule has 3 heteroatoms. The van der Waals surface area contributed by atoms with Crippen molar-refractivity contribution in [1.82, 2.24) is 0 Å². The van der Waals surface area contributed by atoms with Crippen molar-refractivity contribution in [1.29, 1.82) is 0 Å². The molecule has 0 spiro atoms. The molecular weight excluding hydrogens is 136 g/mol. The van der Waals surface area contributed by atoms with Crippen LogP contribution in [0, 0.1) is 0 Å². The van der Waals surface area contributed by atoms with Gasteiger partial charge in [0.15, 0.2) is 0 Å². The Hall–Kier alpha value is -0.150. The molecule has 0 aliphatic rings. The summed E-state index contributed by atoms with van der Waals surface area (Å²) in [6, 6.07) is 0. The molecule has 1 unspecified atom stereocenters. The minimum atomic E-state index is -1.85. The topological polar surface area (TPSA) is 40.1 Å². The summed E-state index contributed by atoms with van der Waals surface area (Å²) in [6.07, 6.45) is 5.49. The first-order valence-corrected chi connectivity index (χ1v) is 4.18. The van der Waals surface area contributed by atoms with Crippen molar-refractivity contribution in [2.24, 2.45) is 0 Å². The Morgan fingerprint density at radius 2 is 2.33 bits per heavy atom. The Morgan fingerprint density at radius 3 is 2.78 bits per heavy atom. The summed E-state index contributed by atoms with van der Waals surface area (Å²) in [5, 5.41) is 0. The van der Waals surface area contributed by atoms with Gasteiger partial charge in [0.1, 0.15) is 0 Å². The number of hydrogen-bond donors (Lipinski definition) is 0. The Bertz CT molecular complexity index is 110. The molecule has 0 bridgehead atoms. The van der Waals surface area contributed by atoms with Gasteiger partial charge in [0.25, 0.3) is 0 Å². The molecule has 0 amide bonds. The standard InChI is InChI=1S/C6H12O2S/c1-2-3-4-5-6-9(7)8/h2-3H,4-6H2,1H3,(H,7,8)/p-1. The second kappa shape index (κ2) is 5.98. The lowest BCUT2D eigenvalue weighted by Gasteiger charge is -2.00. The molecule has 0 saturated heterocycles. The predicted octanol–water partition coefficient (Wildman–Crippen LogP) is 1.22. The summed E-state index contributed by atoms with van der Waals surface area (Å²) in [5.41, 5.74) is 0.